The Hall–Kier alpha value is -2.05. The van der Waals surface area contributed by atoms with Gasteiger partial charge in [-0.05, 0) is 45.1 Å². The molecule has 0 spiro atoms. The largest absolute Gasteiger partial charge is 0.356 e. The molecule has 1 saturated carbocycles. The number of aryl methyl sites for hydroxylation is 3. The Balaban J connectivity index is 1.89. The number of guanidine groups is 1. The highest BCUT2D eigenvalue weighted by atomic mass is 16.2. The first-order valence-corrected chi connectivity index (χ1v) is 10.1. The summed E-state index contributed by atoms with van der Waals surface area (Å²) in [5, 5.41) is 11.5. The Morgan fingerprint density at radius 3 is 2.70 bits per heavy atom. The lowest BCUT2D eigenvalue weighted by Gasteiger charge is -2.31. The van der Waals surface area contributed by atoms with Crippen LogP contribution < -0.4 is 10.6 Å². The normalized spacial score (nSPS) is 20.4. The van der Waals surface area contributed by atoms with Crippen molar-refractivity contribution < 1.29 is 4.79 Å². The monoisotopic (exact) mass is 376 g/mol. The van der Waals surface area contributed by atoms with Crippen molar-refractivity contribution in [3.8, 4) is 0 Å². The van der Waals surface area contributed by atoms with Crippen LogP contribution in [-0.4, -0.2) is 59.8 Å². The molecular formula is C20H36N6O. The van der Waals surface area contributed by atoms with Crippen molar-refractivity contribution in [2.45, 2.75) is 65.5 Å². The summed E-state index contributed by atoms with van der Waals surface area (Å²) in [7, 11) is 3.52. The Bertz CT molecular complexity index is 636. The van der Waals surface area contributed by atoms with Gasteiger partial charge in [0.05, 0.1) is 5.69 Å². The summed E-state index contributed by atoms with van der Waals surface area (Å²) in [6, 6.07) is 2.52. The first-order chi connectivity index (χ1) is 12.9. The number of aliphatic imine (C=N–C) groups is 1. The van der Waals surface area contributed by atoms with E-state index in [0.717, 1.165) is 37.6 Å². The quantitative estimate of drug-likeness (QED) is 0.434. The van der Waals surface area contributed by atoms with Gasteiger partial charge in [0.15, 0.2) is 5.96 Å². The Kier molecular flexibility index (Phi) is 8.13. The minimum Gasteiger partial charge on any atom is -0.356 e. The predicted octanol–water partition coefficient (Wildman–Crippen LogP) is 2.09. The minimum absolute atomic E-state index is 0.00966. The Labute approximate surface area is 163 Å². The molecule has 0 saturated heterocycles. The van der Waals surface area contributed by atoms with Gasteiger partial charge in [-0.25, -0.2) is 4.99 Å². The molecule has 152 valence electrons. The van der Waals surface area contributed by atoms with E-state index in [4.69, 9.17) is 0 Å². The van der Waals surface area contributed by atoms with Crippen molar-refractivity contribution in [3.63, 3.8) is 0 Å². The Morgan fingerprint density at radius 1 is 1.33 bits per heavy atom. The molecule has 1 heterocycles. The lowest BCUT2D eigenvalue weighted by Crippen LogP contribution is -2.48. The second kappa shape index (κ2) is 10.3. The summed E-state index contributed by atoms with van der Waals surface area (Å²) < 4.78 is 2.04. The Morgan fingerprint density at radius 2 is 2.07 bits per heavy atom. The van der Waals surface area contributed by atoms with E-state index in [0.29, 0.717) is 12.0 Å². The molecular weight excluding hydrogens is 340 g/mol. The molecule has 7 nitrogen and oxygen atoms in total. The summed E-state index contributed by atoms with van der Waals surface area (Å²) in [4.78, 5) is 18.0. The molecule has 27 heavy (non-hydrogen) atoms. The average Bonchev–Trinajstić information content (AvgIpc) is 2.94. The molecule has 2 N–H and O–H groups in total. The second-order valence-corrected chi connectivity index (χ2v) is 7.90. The van der Waals surface area contributed by atoms with Gasteiger partial charge in [-0.3, -0.25) is 9.48 Å². The standard InChI is InChI=1S/C20H36N6O/c1-15-9-6-7-10-18(15)23-20(22-14-19(27)25(4)5)21-11-8-12-26-17(3)13-16(2)24-26/h13,15,18H,6-12,14H2,1-5H3,(H2,21,22,23). The third kappa shape index (κ3) is 6.88. The van der Waals surface area contributed by atoms with Crippen LogP contribution in [-0.2, 0) is 11.3 Å². The van der Waals surface area contributed by atoms with E-state index in [2.05, 4.69) is 40.6 Å². The first kappa shape index (κ1) is 21.3. The summed E-state index contributed by atoms with van der Waals surface area (Å²) >= 11 is 0. The van der Waals surface area contributed by atoms with E-state index >= 15 is 0 Å². The van der Waals surface area contributed by atoms with Gasteiger partial charge in [0.25, 0.3) is 0 Å². The van der Waals surface area contributed by atoms with E-state index in [1.807, 2.05) is 11.6 Å². The molecule has 1 fully saturated rings. The van der Waals surface area contributed by atoms with Crippen LogP contribution in [0.25, 0.3) is 0 Å². The van der Waals surface area contributed by atoms with E-state index in [1.165, 1.54) is 25.0 Å². The van der Waals surface area contributed by atoms with Crippen molar-refractivity contribution in [2.75, 3.05) is 27.2 Å². The zero-order valence-corrected chi connectivity index (χ0v) is 17.6. The van der Waals surface area contributed by atoms with Crippen molar-refractivity contribution in [3.05, 3.63) is 17.5 Å². The van der Waals surface area contributed by atoms with Gasteiger partial charge < -0.3 is 15.5 Å². The van der Waals surface area contributed by atoms with Crippen molar-refractivity contribution in [1.82, 2.24) is 25.3 Å². The van der Waals surface area contributed by atoms with Crippen LogP contribution in [0.5, 0.6) is 0 Å². The molecule has 0 aliphatic heterocycles. The number of nitrogens with zero attached hydrogens (tertiary/aromatic N) is 4. The summed E-state index contributed by atoms with van der Waals surface area (Å²) in [6.45, 7) is 8.23. The van der Waals surface area contributed by atoms with E-state index in [1.54, 1.807) is 19.0 Å². The van der Waals surface area contributed by atoms with E-state index < -0.39 is 0 Å². The molecule has 7 heteroatoms. The number of rotatable bonds is 7. The number of hydrogen-bond donors (Lipinski definition) is 2. The zero-order valence-electron chi connectivity index (χ0n) is 17.6. The van der Waals surface area contributed by atoms with Crippen molar-refractivity contribution in [2.24, 2.45) is 10.9 Å². The maximum atomic E-state index is 11.9. The molecule has 1 amide bonds. The zero-order chi connectivity index (χ0) is 19.8. The van der Waals surface area contributed by atoms with Gasteiger partial charge in [-0.1, -0.05) is 19.8 Å². The first-order valence-electron chi connectivity index (χ1n) is 10.1. The summed E-state index contributed by atoms with van der Waals surface area (Å²) in [5.41, 5.74) is 2.24. The lowest BCUT2D eigenvalue weighted by molar-refractivity contribution is -0.127. The smallest absolute Gasteiger partial charge is 0.243 e. The molecule has 2 atom stereocenters. The number of nitrogens with one attached hydrogen (secondary N) is 2. The van der Waals surface area contributed by atoms with Crippen LogP contribution in [0.15, 0.2) is 11.1 Å². The lowest BCUT2D eigenvalue weighted by atomic mass is 9.86. The number of hydrogen-bond acceptors (Lipinski definition) is 3. The van der Waals surface area contributed by atoms with Gasteiger partial charge >= 0.3 is 0 Å². The van der Waals surface area contributed by atoms with Crippen LogP contribution in [0.2, 0.25) is 0 Å². The third-order valence-electron chi connectivity index (χ3n) is 5.25. The van der Waals surface area contributed by atoms with Gasteiger partial charge in [0, 0.05) is 38.9 Å². The molecule has 0 aromatic carbocycles. The fourth-order valence-electron chi connectivity index (χ4n) is 3.48. The second-order valence-electron chi connectivity index (χ2n) is 7.90. The van der Waals surface area contributed by atoms with E-state index in [-0.39, 0.29) is 12.5 Å². The molecule has 0 radical (unpaired) electrons. The summed E-state index contributed by atoms with van der Waals surface area (Å²) in [5.74, 6) is 1.39. The fourth-order valence-corrected chi connectivity index (χ4v) is 3.48. The van der Waals surface area contributed by atoms with E-state index in [9.17, 15) is 4.79 Å². The van der Waals surface area contributed by atoms with Crippen LogP contribution in [0, 0.1) is 19.8 Å². The average molecular weight is 377 g/mol. The van der Waals surface area contributed by atoms with Crippen LogP contribution in [0.3, 0.4) is 0 Å². The highest BCUT2D eigenvalue weighted by molar-refractivity contribution is 5.84. The summed E-state index contributed by atoms with van der Waals surface area (Å²) in [6.07, 6.45) is 5.92. The van der Waals surface area contributed by atoms with Gasteiger partial charge in [0.1, 0.15) is 6.54 Å². The van der Waals surface area contributed by atoms with Crippen LogP contribution >= 0.6 is 0 Å². The highest BCUT2D eigenvalue weighted by Gasteiger charge is 2.22. The van der Waals surface area contributed by atoms with Crippen LogP contribution in [0.4, 0.5) is 0 Å². The molecule has 1 aliphatic rings. The number of aromatic nitrogens is 2. The molecule has 0 bridgehead atoms. The van der Waals surface area contributed by atoms with Crippen molar-refractivity contribution >= 4 is 11.9 Å². The van der Waals surface area contributed by atoms with Crippen LogP contribution in [0.1, 0.15) is 50.4 Å². The van der Waals surface area contributed by atoms with Gasteiger partial charge in [-0.2, -0.15) is 5.10 Å². The molecule has 2 unspecified atom stereocenters. The molecule has 1 aromatic heterocycles. The molecule has 2 rings (SSSR count). The third-order valence-corrected chi connectivity index (χ3v) is 5.25. The number of carbonyl (C=O) groups is 1. The number of carbonyl (C=O) groups excluding carboxylic acids is 1. The topological polar surface area (TPSA) is 74.6 Å². The maximum absolute atomic E-state index is 11.9. The SMILES string of the molecule is Cc1cc(C)n(CCCNC(=NCC(=O)N(C)C)NC2CCCCC2C)n1. The predicted molar refractivity (Wildman–Crippen MR) is 110 cm³/mol. The minimum atomic E-state index is 0.00966. The van der Waals surface area contributed by atoms with Gasteiger partial charge in [0.2, 0.25) is 5.91 Å². The highest BCUT2D eigenvalue weighted by Crippen LogP contribution is 2.23. The molecule has 1 aromatic rings. The fraction of sp³-hybridized carbons (Fsp3) is 0.750. The number of amides is 1. The molecule has 1 aliphatic carbocycles. The van der Waals surface area contributed by atoms with Crippen molar-refractivity contribution in [1.29, 1.82) is 0 Å². The maximum Gasteiger partial charge on any atom is 0.243 e. The van der Waals surface area contributed by atoms with Gasteiger partial charge in [-0.15, -0.1) is 0 Å². The number of likely N-dealkylation sites (N-methyl/N-ethyl adjacent to an activating group) is 1.